The van der Waals surface area contributed by atoms with E-state index in [0.717, 1.165) is 11.9 Å². The molecule has 0 unspecified atom stereocenters. The van der Waals surface area contributed by atoms with Gasteiger partial charge in [0, 0.05) is 19.2 Å². The van der Waals surface area contributed by atoms with Crippen LogP contribution in [0.5, 0.6) is 0 Å². The summed E-state index contributed by atoms with van der Waals surface area (Å²) in [7, 11) is -3.09. The minimum Gasteiger partial charge on any atom is -0.292 e. The first-order chi connectivity index (χ1) is 7.33. The number of rotatable bonds is 5. The molecule has 16 heavy (non-hydrogen) atoms. The van der Waals surface area contributed by atoms with E-state index in [2.05, 4.69) is 5.10 Å². The molecule has 1 aromatic rings. The highest BCUT2D eigenvalue weighted by Gasteiger charge is 2.15. The molecule has 0 aliphatic heterocycles. The fraction of sp³-hybridized carbons (Fsp3) is 0.600. The predicted molar refractivity (Wildman–Crippen MR) is 61.3 cm³/mol. The van der Waals surface area contributed by atoms with Crippen molar-refractivity contribution >= 4 is 15.6 Å². The van der Waals surface area contributed by atoms with Crippen LogP contribution in [-0.2, 0) is 16.4 Å². The number of hydrogen-bond donors (Lipinski definition) is 0. The standard InChI is InChI=1S/C10H16N2O3S/c1-4-12-9(7-8(2)11-12)10(13)5-6-16(3,14)15/h7H,4-6H2,1-3H3. The number of Topliss-reactive ketones (excluding diaryl/α,β-unsaturated/α-hetero) is 1. The number of sulfone groups is 1. The summed E-state index contributed by atoms with van der Waals surface area (Å²) in [6.07, 6.45) is 1.15. The Morgan fingerprint density at radius 2 is 2.12 bits per heavy atom. The van der Waals surface area contributed by atoms with Crippen LogP contribution in [0.3, 0.4) is 0 Å². The maximum absolute atomic E-state index is 11.8. The second-order valence-corrected chi connectivity index (χ2v) is 6.05. The molecule has 0 saturated carbocycles. The summed E-state index contributed by atoms with van der Waals surface area (Å²) in [4.78, 5) is 11.8. The van der Waals surface area contributed by atoms with Gasteiger partial charge in [-0.05, 0) is 19.9 Å². The third-order valence-electron chi connectivity index (χ3n) is 2.19. The van der Waals surface area contributed by atoms with Crippen LogP contribution < -0.4 is 0 Å². The molecule has 6 heteroatoms. The van der Waals surface area contributed by atoms with Gasteiger partial charge in [-0.2, -0.15) is 5.10 Å². The predicted octanol–water partition coefficient (Wildman–Crippen LogP) is 0.829. The second-order valence-electron chi connectivity index (χ2n) is 3.79. The third kappa shape index (κ3) is 3.44. The van der Waals surface area contributed by atoms with Crippen molar-refractivity contribution in [2.45, 2.75) is 26.8 Å². The molecular formula is C10H16N2O3S. The van der Waals surface area contributed by atoms with Crippen LogP contribution in [0, 0.1) is 6.92 Å². The van der Waals surface area contributed by atoms with E-state index in [9.17, 15) is 13.2 Å². The van der Waals surface area contributed by atoms with Crippen molar-refractivity contribution in [2.75, 3.05) is 12.0 Å². The van der Waals surface area contributed by atoms with Crippen molar-refractivity contribution in [2.24, 2.45) is 0 Å². The van der Waals surface area contributed by atoms with Crippen LogP contribution in [0.4, 0.5) is 0 Å². The lowest BCUT2D eigenvalue weighted by Gasteiger charge is -2.02. The Morgan fingerprint density at radius 1 is 1.50 bits per heavy atom. The molecule has 0 N–H and O–H groups in total. The first-order valence-electron chi connectivity index (χ1n) is 5.09. The Hall–Kier alpha value is -1.17. The van der Waals surface area contributed by atoms with E-state index in [1.807, 2.05) is 6.92 Å². The molecule has 0 fully saturated rings. The van der Waals surface area contributed by atoms with E-state index < -0.39 is 9.84 Å². The van der Waals surface area contributed by atoms with Gasteiger partial charge in [0.2, 0.25) is 0 Å². The quantitative estimate of drug-likeness (QED) is 0.719. The second kappa shape index (κ2) is 4.78. The van der Waals surface area contributed by atoms with E-state index in [0.29, 0.717) is 12.2 Å². The lowest BCUT2D eigenvalue weighted by Crippen LogP contribution is -2.13. The zero-order valence-corrected chi connectivity index (χ0v) is 10.5. The number of carbonyl (C=O) groups is 1. The Morgan fingerprint density at radius 3 is 2.62 bits per heavy atom. The highest BCUT2D eigenvalue weighted by Crippen LogP contribution is 2.07. The number of ketones is 1. The third-order valence-corrected chi connectivity index (χ3v) is 3.13. The van der Waals surface area contributed by atoms with Crippen LogP contribution in [0.1, 0.15) is 29.5 Å². The van der Waals surface area contributed by atoms with Crippen molar-refractivity contribution in [3.05, 3.63) is 17.5 Å². The maximum atomic E-state index is 11.8. The number of aryl methyl sites for hydroxylation is 2. The summed E-state index contributed by atoms with van der Waals surface area (Å²) in [5, 5.41) is 4.14. The minimum atomic E-state index is -3.09. The van der Waals surface area contributed by atoms with Crippen LogP contribution >= 0.6 is 0 Å². The van der Waals surface area contributed by atoms with Gasteiger partial charge in [-0.15, -0.1) is 0 Å². The fourth-order valence-electron chi connectivity index (χ4n) is 1.42. The first-order valence-corrected chi connectivity index (χ1v) is 7.15. The van der Waals surface area contributed by atoms with Gasteiger partial charge in [0.15, 0.2) is 5.78 Å². The van der Waals surface area contributed by atoms with Gasteiger partial charge in [0.25, 0.3) is 0 Å². The first kappa shape index (κ1) is 12.9. The SMILES string of the molecule is CCn1nc(C)cc1C(=O)CCS(C)(=O)=O. The molecule has 0 spiro atoms. The molecule has 0 aromatic carbocycles. The average molecular weight is 244 g/mol. The normalized spacial score (nSPS) is 11.7. The lowest BCUT2D eigenvalue weighted by molar-refractivity contribution is 0.0978. The van der Waals surface area contributed by atoms with Gasteiger partial charge in [-0.25, -0.2) is 8.42 Å². The zero-order valence-electron chi connectivity index (χ0n) is 9.73. The van der Waals surface area contributed by atoms with Crippen LogP contribution in [0.15, 0.2) is 6.07 Å². The smallest absolute Gasteiger partial charge is 0.181 e. The summed E-state index contributed by atoms with van der Waals surface area (Å²) >= 11 is 0. The van der Waals surface area contributed by atoms with Gasteiger partial charge in [-0.1, -0.05) is 0 Å². The van der Waals surface area contributed by atoms with Gasteiger partial charge in [-0.3, -0.25) is 9.48 Å². The molecule has 0 amide bonds. The van der Waals surface area contributed by atoms with Crippen LogP contribution in [0.2, 0.25) is 0 Å². The molecule has 0 bridgehead atoms. The highest BCUT2D eigenvalue weighted by molar-refractivity contribution is 7.90. The lowest BCUT2D eigenvalue weighted by atomic mass is 10.2. The Balaban J connectivity index is 2.80. The summed E-state index contributed by atoms with van der Waals surface area (Å²) in [6.45, 7) is 4.30. The van der Waals surface area contributed by atoms with Crippen molar-refractivity contribution in [3.63, 3.8) is 0 Å². The average Bonchev–Trinajstić information content (AvgIpc) is 2.55. The van der Waals surface area contributed by atoms with Gasteiger partial charge in [0.05, 0.1) is 11.4 Å². The maximum Gasteiger partial charge on any atom is 0.181 e. The Labute approximate surface area is 95.4 Å². The van der Waals surface area contributed by atoms with Crippen molar-refractivity contribution in [1.82, 2.24) is 9.78 Å². The van der Waals surface area contributed by atoms with Crippen molar-refractivity contribution in [1.29, 1.82) is 0 Å². The Kier molecular flexibility index (Phi) is 3.85. The minimum absolute atomic E-state index is 0.0178. The van der Waals surface area contributed by atoms with E-state index >= 15 is 0 Å². The summed E-state index contributed by atoms with van der Waals surface area (Å²) in [5.41, 5.74) is 1.26. The van der Waals surface area contributed by atoms with E-state index in [4.69, 9.17) is 0 Å². The molecule has 1 heterocycles. The van der Waals surface area contributed by atoms with E-state index in [1.165, 1.54) is 0 Å². The molecule has 0 aliphatic rings. The van der Waals surface area contributed by atoms with Crippen LogP contribution in [-0.4, -0.2) is 36.0 Å². The molecule has 1 rings (SSSR count). The van der Waals surface area contributed by atoms with Crippen LogP contribution in [0.25, 0.3) is 0 Å². The topological polar surface area (TPSA) is 69.0 Å². The zero-order chi connectivity index (χ0) is 12.3. The fourth-order valence-corrected chi connectivity index (χ4v) is 1.97. The summed E-state index contributed by atoms with van der Waals surface area (Å²) in [5.74, 6) is -0.285. The molecule has 0 radical (unpaired) electrons. The summed E-state index contributed by atoms with van der Waals surface area (Å²) < 4.78 is 23.5. The number of carbonyl (C=O) groups excluding carboxylic acids is 1. The van der Waals surface area contributed by atoms with Gasteiger partial charge >= 0.3 is 0 Å². The van der Waals surface area contributed by atoms with Gasteiger partial charge < -0.3 is 0 Å². The molecule has 0 aliphatic carbocycles. The van der Waals surface area contributed by atoms with Crippen molar-refractivity contribution in [3.8, 4) is 0 Å². The number of hydrogen-bond acceptors (Lipinski definition) is 4. The van der Waals surface area contributed by atoms with E-state index in [1.54, 1.807) is 17.7 Å². The van der Waals surface area contributed by atoms with Crippen molar-refractivity contribution < 1.29 is 13.2 Å². The molecular weight excluding hydrogens is 228 g/mol. The number of aromatic nitrogens is 2. The molecule has 0 atom stereocenters. The molecule has 90 valence electrons. The Bertz CT molecular complexity index is 488. The molecule has 0 saturated heterocycles. The number of nitrogens with zero attached hydrogens (tertiary/aromatic N) is 2. The molecule has 5 nitrogen and oxygen atoms in total. The monoisotopic (exact) mass is 244 g/mol. The van der Waals surface area contributed by atoms with E-state index in [-0.39, 0.29) is 18.0 Å². The largest absolute Gasteiger partial charge is 0.292 e. The molecule has 1 aromatic heterocycles. The highest BCUT2D eigenvalue weighted by atomic mass is 32.2. The van der Waals surface area contributed by atoms with Gasteiger partial charge in [0.1, 0.15) is 15.5 Å². The summed E-state index contributed by atoms with van der Waals surface area (Å²) in [6, 6.07) is 1.69.